The second kappa shape index (κ2) is 5.77. The number of aromatic nitrogens is 2. The molecule has 98 valence electrons. The maximum Gasteiger partial charge on any atom is 0.358 e. The Bertz CT molecular complexity index is 402. The lowest BCUT2D eigenvalue weighted by molar-refractivity contribution is 0.0593. The molecule has 6 nitrogen and oxygen atoms in total. The molecule has 2 heterocycles. The van der Waals surface area contributed by atoms with Gasteiger partial charge in [-0.25, -0.2) is 14.8 Å². The minimum atomic E-state index is -0.470. The van der Waals surface area contributed by atoms with E-state index in [1.165, 1.54) is 13.3 Å². The Kier molecular flexibility index (Phi) is 4.09. The highest BCUT2D eigenvalue weighted by atomic mass is 16.5. The fourth-order valence-corrected chi connectivity index (χ4v) is 1.97. The van der Waals surface area contributed by atoms with Gasteiger partial charge in [-0.05, 0) is 12.8 Å². The molecule has 0 N–H and O–H groups in total. The van der Waals surface area contributed by atoms with Gasteiger partial charge in [-0.15, -0.1) is 0 Å². The van der Waals surface area contributed by atoms with Crippen molar-refractivity contribution < 1.29 is 14.3 Å². The van der Waals surface area contributed by atoms with Gasteiger partial charge in [0.15, 0.2) is 5.69 Å². The van der Waals surface area contributed by atoms with Crippen LogP contribution in [0.3, 0.4) is 0 Å². The second-order valence-corrected chi connectivity index (χ2v) is 4.21. The summed E-state index contributed by atoms with van der Waals surface area (Å²) in [5, 5.41) is 0. The molecule has 0 bridgehead atoms. The highest BCUT2D eigenvalue weighted by Gasteiger charge is 2.20. The Labute approximate surface area is 106 Å². The van der Waals surface area contributed by atoms with Gasteiger partial charge in [0.25, 0.3) is 0 Å². The van der Waals surface area contributed by atoms with Gasteiger partial charge in [-0.2, -0.15) is 0 Å². The van der Waals surface area contributed by atoms with Crippen LogP contribution in [0.1, 0.15) is 23.3 Å². The molecule has 0 spiro atoms. The van der Waals surface area contributed by atoms with Crippen molar-refractivity contribution in [1.82, 2.24) is 9.97 Å². The SMILES string of the molecule is COC(=O)c1cnc(N(C)C2CCOCC2)cn1. The first-order chi connectivity index (χ1) is 8.72. The van der Waals surface area contributed by atoms with Crippen LogP contribution >= 0.6 is 0 Å². The summed E-state index contributed by atoms with van der Waals surface area (Å²) in [6, 6.07) is 0.414. The Morgan fingerprint density at radius 3 is 2.67 bits per heavy atom. The number of anilines is 1. The van der Waals surface area contributed by atoms with Gasteiger partial charge >= 0.3 is 5.97 Å². The number of carbonyl (C=O) groups is 1. The topological polar surface area (TPSA) is 64.5 Å². The van der Waals surface area contributed by atoms with Gasteiger partial charge in [0.1, 0.15) is 5.82 Å². The zero-order valence-corrected chi connectivity index (χ0v) is 10.6. The average molecular weight is 251 g/mol. The van der Waals surface area contributed by atoms with Gasteiger partial charge in [0.2, 0.25) is 0 Å². The highest BCUT2D eigenvalue weighted by molar-refractivity contribution is 5.86. The summed E-state index contributed by atoms with van der Waals surface area (Å²) in [7, 11) is 3.31. The summed E-state index contributed by atoms with van der Waals surface area (Å²) in [6.07, 6.45) is 5.01. The molecule has 1 aromatic rings. The third kappa shape index (κ3) is 2.76. The van der Waals surface area contributed by atoms with Gasteiger partial charge in [0, 0.05) is 26.3 Å². The molecule has 6 heteroatoms. The first-order valence-corrected chi connectivity index (χ1v) is 5.93. The smallest absolute Gasteiger partial charge is 0.358 e. The summed E-state index contributed by atoms with van der Waals surface area (Å²) in [4.78, 5) is 21.6. The number of carbonyl (C=O) groups excluding carboxylic acids is 1. The zero-order valence-electron chi connectivity index (χ0n) is 10.6. The van der Waals surface area contributed by atoms with Crippen LogP contribution in [0.4, 0.5) is 5.82 Å². The van der Waals surface area contributed by atoms with E-state index < -0.39 is 5.97 Å². The van der Waals surface area contributed by atoms with E-state index in [1.54, 1.807) is 6.20 Å². The molecule has 0 aromatic carbocycles. The molecule has 0 atom stereocenters. The standard InChI is InChI=1S/C12H17N3O3/c1-15(9-3-5-18-6-4-9)11-8-13-10(7-14-11)12(16)17-2/h7-9H,3-6H2,1-2H3. The number of rotatable bonds is 3. The van der Waals surface area contributed by atoms with E-state index >= 15 is 0 Å². The van der Waals surface area contributed by atoms with Crippen molar-refractivity contribution in [1.29, 1.82) is 0 Å². The van der Waals surface area contributed by atoms with Gasteiger partial charge in [0.05, 0.1) is 19.5 Å². The average Bonchev–Trinajstić information content (AvgIpc) is 2.47. The van der Waals surface area contributed by atoms with Crippen LogP contribution in [-0.2, 0) is 9.47 Å². The lowest BCUT2D eigenvalue weighted by atomic mass is 10.1. The molecular weight excluding hydrogens is 234 g/mol. The number of hydrogen-bond acceptors (Lipinski definition) is 6. The van der Waals surface area contributed by atoms with E-state index in [2.05, 4.69) is 19.6 Å². The van der Waals surface area contributed by atoms with Gasteiger partial charge < -0.3 is 14.4 Å². The number of nitrogens with zero attached hydrogens (tertiary/aromatic N) is 3. The molecule has 0 saturated carbocycles. The fraction of sp³-hybridized carbons (Fsp3) is 0.583. The van der Waals surface area contributed by atoms with E-state index in [0.717, 1.165) is 31.9 Å². The van der Waals surface area contributed by atoms with Crippen molar-refractivity contribution in [3.63, 3.8) is 0 Å². The van der Waals surface area contributed by atoms with Crippen LogP contribution in [0.25, 0.3) is 0 Å². The summed E-state index contributed by atoms with van der Waals surface area (Å²) in [6.45, 7) is 1.56. The van der Waals surface area contributed by atoms with E-state index in [1.807, 2.05) is 7.05 Å². The Balaban J connectivity index is 2.06. The minimum Gasteiger partial charge on any atom is -0.464 e. The minimum absolute atomic E-state index is 0.224. The molecule has 1 aliphatic rings. The van der Waals surface area contributed by atoms with E-state index in [9.17, 15) is 4.79 Å². The number of hydrogen-bond donors (Lipinski definition) is 0. The molecule has 1 fully saturated rings. The van der Waals surface area contributed by atoms with Crippen LogP contribution in [0.5, 0.6) is 0 Å². The summed E-state index contributed by atoms with van der Waals surface area (Å²) in [5.41, 5.74) is 0.224. The third-order valence-corrected chi connectivity index (χ3v) is 3.13. The molecule has 1 aliphatic heterocycles. The number of esters is 1. The molecule has 1 aromatic heterocycles. The normalized spacial score (nSPS) is 16.3. The van der Waals surface area contributed by atoms with Crippen molar-refractivity contribution in [2.75, 3.05) is 32.3 Å². The Hall–Kier alpha value is -1.69. The molecule has 0 unspecified atom stereocenters. The number of methoxy groups -OCH3 is 1. The van der Waals surface area contributed by atoms with E-state index in [4.69, 9.17) is 4.74 Å². The van der Waals surface area contributed by atoms with Crippen molar-refractivity contribution in [2.24, 2.45) is 0 Å². The van der Waals surface area contributed by atoms with Crippen molar-refractivity contribution in [3.8, 4) is 0 Å². The van der Waals surface area contributed by atoms with Crippen molar-refractivity contribution >= 4 is 11.8 Å². The second-order valence-electron chi connectivity index (χ2n) is 4.21. The van der Waals surface area contributed by atoms with Crippen LogP contribution < -0.4 is 4.90 Å². The number of ether oxygens (including phenoxy) is 2. The summed E-state index contributed by atoms with van der Waals surface area (Å²) >= 11 is 0. The maximum atomic E-state index is 11.2. The maximum absolute atomic E-state index is 11.2. The summed E-state index contributed by atoms with van der Waals surface area (Å²) < 4.78 is 9.91. The predicted molar refractivity (Wildman–Crippen MR) is 65.6 cm³/mol. The lowest BCUT2D eigenvalue weighted by Gasteiger charge is -2.31. The molecular formula is C12H17N3O3. The van der Waals surface area contributed by atoms with Crippen LogP contribution in [-0.4, -0.2) is 49.4 Å². The quantitative estimate of drug-likeness (QED) is 0.743. The van der Waals surface area contributed by atoms with Crippen molar-refractivity contribution in [2.45, 2.75) is 18.9 Å². The summed E-state index contributed by atoms with van der Waals surface area (Å²) in [5.74, 6) is 0.289. The Morgan fingerprint density at radius 2 is 2.11 bits per heavy atom. The molecule has 0 aliphatic carbocycles. The molecule has 1 saturated heterocycles. The van der Waals surface area contributed by atoms with E-state index in [-0.39, 0.29) is 5.69 Å². The van der Waals surface area contributed by atoms with Gasteiger partial charge in [-0.3, -0.25) is 0 Å². The van der Waals surface area contributed by atoms with E-state index in [0.29, 0.717) is 6.04 Å². The zero-order chi connectivity index (χ0) is 13.0. The molecule has 18 heavy (non-hydrogen) atoms. The third-order valence-electron chi connectivity index (χ3n) is 3.13. The largest absolute Gasteiger partial charge is 0.464 e. The monoisotopic (exact) mass is 251 g/mol. The van der Waals surface area contributed by atoms with Crippen molar-refractivity contribution in [3.05, 3.63) is 18.1 Å². The van der Waals surface area contributed by atoms with Crippen LogP contribution in [0, 0.1) is 0 Å². The van der Waals surface area contributed by atoms with Gasteiger partial charge in [-0.1, -0.05) is 0 Å². The predicted octanol–water partition coefficient (Wildman–Crippen LogP) is 0.878. The fourth-order valence-electron chi connectivity index (χ4n) is 1.97. The first kappa shape index (κ1) is 12.8. The Morgan fingerprint density at radius 1 is 1.39 bits per heavy atom. The molecule has 0 amide bonds. The lowest BCUT2D eigenvalue weighted by Crippen LogP contribution is -2.37. The van der Waals surface area contributed by atoms with Crippen LogP contribution in [0.15, 0.2) is 12.4 Å². The van der Waals surface area contributed by atoms with Crippen LogP contribution in [0.2, 0.25) is 0 Å². The highest BCUT2D eigenvalue weighted by Crippen LogP contribution is 2.18. The molecule has 2 rings (SSSR count). The first-order valence-electron chi connectivity index (χ1n) is 5.93. The molecule has 0 radical (unpaired) electrons.